The highest BCUT2D eigenvalue weighted by molar-refractivity contribution is 5.81. The van der Waals surface area contributed by atoms with Crippen molar-refractivity contribution in [2.24, 2.45) is 0 Å². The molecule has 2 N–H and O–H groups in total. The van der Waals surface area contributed by atoms with E-state index in [1.807, 2.05) is 6.07 Å². The Balaban J connectivity index is 1.40. The minimum absolute atomic E-state index is 0.0630. The van der Waals surface area contributed by atoms with Crippen molar-refractivity contribution < 1.29 is 22.4 Å². The number of aldehydes is 1. The van der Waals surface area contributed by atoms with Crippen molar-refractivity contribution in [3.05, 3.63) is 112 Å². The van der Waals surface area contributed by atoms with Crippen LogP contribution in [0, 0.1) is 23.3 Å². The molecule has 0 aliphatic heterocycles. The van der Waals surface area contributed by atoms with Crippen LogP contribution in [-0.2, 0) is 24.1 Å². The SMILES string of the molecule is O=CCCc1cc(F)cc(Cc2cnc(-c3cc(Cc4c(F)cc5[nH]ccc5c4F)ccc3F)[nH]2)c1. The van der Waals surface area contributed by atoms with Crippen molar-refractivity contribution in [2.75, 3.05) is 0 Å². The first-order chi connectivity index (χ1) is 17.4. The molecule has 8 heteroatoms. The molecule has 0 unspecified atom stereocenters. The number of halogens is 4. The van der Waals surface area contributed by atoms with Gasteiger partial charge in [0, 0.05) is 48.3 Å². The molecule has 4 nitrogen and oxygen atoms in total. The predicted molar refractivity (Wildman–Crippen MR) is 129 cm³/mol. The molecular formula is C28H21F4N3O. The summed E-state index contributed by atoms with van der Waals surface area (Å²) < 4.78 is 58.2. The number of rotatable bonds is 8. The van der Waals surface area contributed by atoms with Crippen molar-refractivity contribution in [1.82, 2.24) is 15.0 Å². The zero-order valence-corrected chi connectivity index (χ0v) is 19.0. The van der Waals surface area contributed by atoms with Crippen LogP contribution in [0.4, 0.5) is 17.6 Å². The van der Waals surface area contributed by atoms with E-state index >= 15 is 0 Å². The molecule has 0 aliphatic rings. The summed E-state index contributed by atoms with van der Waals surface area (Å²) in [5.74, 6) is -2.02. The van der Waals surface area contributed by atoms with Crippen molar-refractivity contribution in [3.8, 4) is 11.4 Å². The van der Waals surface area contributed by atoms with E-state index in [4.69, 9.17) is 0 Å². The maximum atomic E-state index is 14.9. The van der Waals surface area contributed by atoms with Gasteiger partial charge in [-0.15, -0.1) is 0 Å². The molecule has 36 heavy (non-hydrogen) atoms. The Hall–Kier alpha value is -4.20. The summed E-state index contributed by atoms with van der Waals surface area (Å²) in [6.45, 7) is 0. The number of nitrogens with zero attached hydrogens (tertiary/aromatic N) is 1. The minimum atomic E-state index is -0.684. The van der Waals surface area contributed by atoms with Crippen LogP contribution in [0.2, 0.25) is 0 Å². The monoisotopic (exact) mass is 491 g/mol. The van der Waals surface area contributed by atoms with Crippen LogP contribution in [-0.4, -0.2) is 21.2 Å². The number of hydrogen-bond acceptors (Lipinski definition) is 2. The molecule has 0 saturated carbocycles. The van der Waals surface area contributed by atoms with Crippen molar-refractivity contribution >= 4 is 17.2 Å². The van der Waals surface area contributed by atoms with Gasteiger partial charge < -0.3 is 14.8 Å². The first kappa shape index (κ1) is 23.5. The zero-order valence-electron chi connectivity index (χ0n) is 19.0. The number of benzene rings is 3. The van der Waals surface area contributed by atoms with E-state index in [2.05, 4.69) is 15.0 Å². The number of hydrogen-bond donors (Lipinski definition) is 2. The highest BCUT2D eigenvalue weighted by Crippen LogP contribution is 2.28. The first-order valence-electron chi connectivity index (χ1n) is 11.4. The summed E-state index contributed by atoms with van der Waals surface area (Å²) in [7, 11) is 0. The highest BCUT2D eigenvalue weighted by atomic mass is 19.1. The van der Waals surface area contributed by atoms with Gasteiger partial charge in [-0.05, 0) is 59.5 Å². The van der Waals surface area contributed by atoms with E-state index in [1.54, 1.807) is 0 Å². The number of aryl methyl sites for hydroxylation is 1. The number of fused-ring (bicyclic) bond motifs is 1. The zero-order chi connectivity index (χ0) is 25.2. The Morgan fingerprint density at radius 3 is 2.53 bits per heavy atom. The average molecular weight is 491 g/mol. The molecule has 0 spiro atoms. The fourth-order valence-corrected chi connectivity index (χ4v) is 4.40. The summed E-state index contributed by atoms with van der Waals surface area (Å²) in [5, 5.41) is 0.288. The van der Waals surface area contributed by atoms with Crippen molar-refractivity contribution in [2.45, 2.75) is 25.7 Å². The van der Waals surface area contributed by atoms with Gasteiger partial charge in [-0.25, -0.2) is 22.5 Å². The average Bonchev–Trinajstić information content (AvgIpc) is 3.51. The summed E-state index contributed by atoms with van der Waals surface area (Å²) in [6.07, 6.45) is 4.88. The smallest absolute Gasteiger partial charge is 0.140 e. The van der Waals surface area contributed by atoms with Gasteiger partial charge in [-0.1, -0.05) is 12.1 Å². The lowest BCUT2D eigenvalue weighted by Crippen LogP contribution is -1.99. The number of imidazole rings is 1. The molecule has 0 saturated heterocycles. The van der Waals surface area contributed by atoms with Gasteiger partial charge in [0.05, 0.1) is 11.1 Å². The second-order valence-electron chi connectivity index (χ2n) is 8.69. The number of H-pyrrole nitrogens is 2. The topological polar surface area (TPSA) is 61.5 Å². The molecule has 0 atom stereocenters. The Bertz CT molecular complexity index is 1570. The Morgan fingerprint density at radius 2 is 1.69 bits per heavy atom. The molecule has 5 aromatic rings. The van der Waals surface area contributed by atoms with Crippen LogP contribution < -0.4 is 0 Å². The molecule has 182 valence electrons. The number of carbonyl (C=O) groups is 1. The summed E-state index contributed by atoms with van der Waals surface area (Å²) in [5.41, 5.74) is 2.98. The van der Waals surface area contributed by atoms with Crippen LogP contribution in [0.25, 0.3) is 22.3 Å². The van der Waals surface area contributed by atoms with Crippen LogP contribution in [0.3, 0.4) is 0 Å². The maximum absolute atomic E-state index is 14.9. The predicted octanol–water partition coefficient (Wildman–Crippen LogP) is 6.43. The molecule has 2 aromatic heterocycles. The number of nitrogens with one attached hydrogen (secondary N) is 2. The van der Waals surface area contributed by atoms with Crippen LogP contribution in [0.5, 0.6) is 0 Å². The lowest BCUT2D eigenvalue weighted by Gasteiger charge is -2.09. The third-order valence-corrected chi connectivity index (χ3v) is 6.10. The van der Waals surface area contributed by atoms with E-state index in [0.717, 1.165) is 6.29 Å². The van der Waals surface area contributed by atoms with Crippen LogP contribution in [0.1, 0.15) is 34.4 Å². The van der Waals surface area contributed by atoms with E-state index in [1.165, 1.54) is 54.9 Å². The number of aromatic nitrogens is 3. The molecule has 3 aromatic carbocycles. The lowest BCUT2D eigenvalue weighted by molar-refractivity contribution is -0.107. The van der Waals surface area contributed by atoms with Gasteiger partial charge in [-0.3, -0.25) is 0 Å². The molecule has 0 fully saturated rings. The molecule has 0 bridgehead atoms. The molecule has 2 heterocycles. The molecule has 0 aliphatic carbocycles. The van der Waals surface area contributed by atoms with Crippen LogP contribution in [0.15, 0.2) is 60.9 Å². The summed E-state index contributed by atoms with van der Waals surface area (Å²) in [6, 6.07) is 11.6. The van der Waals surface area contributed by atoms with E-state index in [-0.39, 0.29) is 28.8 Å². The largest absolute Gasteiger partial charge is 0.361 e. The Labute approximate surface area is 204 Å². The second-order valence-corrected chi connectivity index (χ2v) is 8.69. The maximum Gasteiger partial charge on any atom is 0.140 e. The third-order valence-electron chi connectivity index (χ3n) is 6.10. The van der Waals surface area contributed by atoms with E-state index in [0.29, 0.717) is 47.2 Å². The molecule has 0 radical (unpaired) electrons. The quantitative estimate of drug-likeness (QED) is 0.194. The van der Waals surface area contributed by atoms with Gasteiger partial charge in [0.1, 0.15) is 35.4 Å². The lowest BCUT2D eigenvalue weighted by atomic mass is 10.00. The van der Waals surface area contributed by atoms with Gasteiger partial charge in [-0.2, -0.15) is 0 Å². The Kier molecular flexibility index (Phi) is 6.41. The van der Waals surface area contributed by atoms with E-state index in [9.17, 15) is 22.4 Å². The minimum Gasteiger partial charge on any atom is -0.361 e. The second kappa shape index (κ2) is 9.81. The van der Waals surface area contributed by atoms with E-state index < -0.39 is 23.3 Å². The summed E-state index contributed by atoms with van der Waals surface area (Å²) in [4.78, 5) is 20.7. The van der Waals surface area contributed by atoms with Gasteiger partial charge in [0.15, 0.2) is 0 Å². The standard InChI is InChI=1S/C28H21F4N3O/c29-19-9-16(2-1-7-36)8-18(10-19)11-20-15-34-28(35-20)23-13-17(3-4-24(23)30)12-22-25(31)14-26-21(27(22)32)5-6-33-26/h3-10,13-15,33H,1-2,11-12H2,(H,34,35). The molecule has 0 amide bonds. The van der Waals surface area contributed by atoms with Crippen molar-refractivity contribution in [3.63, 3.8) is 0 Å². The fraction of sp³-hybridized carbons (Fsp3) is 0.143. The molecular weight excluding hydrogens is 470 g/mol. The van der Waals surface area contributed by atoms with Crippen molar-refractivity contribution in [1.29, 1.82) is 0 Å². The van der Waals surface area contributed by atoms with Gasteiger partial charge in [0.25, 0.3) is 0 Å². The Morgan fingerprint density at radius 1 is 0.861 bits per heavy atom. The van der Waals surface area contributed by atoms with Crippen LogP contribution >= 0.6 is 0 Å². The number of aromatic amines is 2. The molecule has 5 rings (SSSR count). The highest BCUT2D eigenvalue weighted by Gasteiger charge is 2.17. The summed E-state index contributed by atoms with van der Waals surface area (Å²) >= 11 is 0. The number of carbonyl (C=O) groups excluding carboxylic acids is 1. The first-order valence-corrected chi connectivity index (χ1v) is 11.4. The fourth-order valence-electron chi connectivity index (χ4n) is 4.40. The van der Waals surface area contributed by atoms with Gasteiger partial charge in [0.2, 0.25) is 0 Å². The van der Waals surface area contributed by atoms with Gasteiger partial charge >= 0.3 is 0 Å². The third kappa shape index (κ3) is 4.79. The normalized spacial score (nSPS) is 11.3.